The smallest absolute Gasteiger partial charge is 0.264 e. The van der Waals surface area contributed by atoms with E-state index >= 15 is 0 Å². The predicted octanol–water partition coefficient (Wildman–Crippen LogP) is -0.0368. The number of nitrogens with one attached hydrogen (secondary N) is 1. The summed E-state index contributed by atoms with van der Waals surface area (Å²) in [6, 6.07) is 1.59. The van der Waals surface area contributed by atoms with Crippen LogP contribution in [0.3, 0.4) is 0 Å². The number of rotatable bonds is 2. The van der Waals surface area contributed by atoms with Crippen molar-refractivity contribution in [2.24, 2.45) is 0 Å². The van der Waals surface area contributed by atoms with E-state index in [0.717, 1.165) is 0 Å². The molecule has 1 aromatic rings. The second-order valence-electron chi connectivity index (χ2n) is 3.36. The number of carbonyl (C=O) groups excluding carboxylic acids is 1. The minimum atomic E-state index is -2.55. The Morgan fingerprint density at radius 2 is 2.27 bits per heavy atom. The summed E-state index contributed by atoms with van der Waals surface area (Å²) in [6.45, 7) is 1.74. The van der Waals surface area contributed by atoms with Crippen molar-refractivity contribution in [3.63, 3.8) is 0 Å². The van der Waals surface area contributed by atoms with E-state index in [1.807, 2.05) is 0 Å². The minimum Gasteiger partial charge on any atom is -0.383 e. The Labute approximate surface area is 88.8 Å². The molecule has 0 saturated heterocycles. The molecule has 1 aromatic heterocycles. The van der Waals surface area contributed by atoms with Crippen LogP contribution < -0.4 is 10.5 Å². The second kappa shape index (κ2) is 3.90. The fourth-order valence-corrected chi connectivity index (χ4v) is 1.47. The second-order valence-corrected chi connectivity index (χ2v) is 5.58. The highest BCUT2D eigenvalue weighted by Crippen LogP contribution is 2.08. The largest absolute Gasteiger partial charge is 0.383 e. The highest BCUT2D eigenvalue weighted by molar-refractivity contribution is 7.98. The van der Waals surface area contributed by atoms with Gasteiger partial charge in [-0.1, -0.05) is 0 Å². The molecule has 1 amide bonds. The average molecular weight is 227 g/mol. The number of pyridine rings is 1. The lowest BCUT2D eigenvalue weighted by Gasteiger charge is -2.06. The summed E-state index contributed by atoms with van der Waals surface area (Å²) in [5.41, 5.74) is 6.53. The number of nitrogen functional groups attached to an aromatic ring is 1. The maximum Gasteiger partial charge on any atom is 0.264 e. The summed E-state index contributed by atoms with van der Waals surface area (Å²) in [4.78, 5) is 15.3. The SMILES string of the molecule is C=S(C)(=O)NC(=O)c1cnc(N)c(C)c1. The Morgan fingerprint density at radius 1 is 1.67 bits per heavy atom. The molecule has 0 aliphatic carbocycles. The van der Waals surface area contributed by atoms with Gasteiger partial charge in [0.05, 0.1) is 5.56 Å². The maximum absolute atomic E-state index is 11.5. The van der Waals surface area contributed by atoms with Crippen molar-refractivity contribution < 1.29 is 9.00 Å². The zero-order valence-electron chi connectivity index (χ0n) is 8.61. The van der Waals surface area contributed by atoms with E-state index in [4.69, 9.17) is 5.73 Å². The van der Waals surface area contributed by atoms with Gasteiger partial charge in [-0.25, -0.2) is 9.19 Å². The molecule has 0 radical (unpaired) electrons. The lowest BCUT2D eigenvalue weighted by molar-refractivity contribution is 0.0982. The topological polar surface area (TPSA) is 85.1 Å². The van der Waals surface area contributed by atoms with Gasteiger partial charge in [-0.2, -0.15) is 0 Å². The third-order valence-electron chi connectivity index (χ3n) is 1.69. The molecule has 0 bridgehead atoms. The Kier molecular flexibility index (Phi) is 2.99. The van der Waals surface area contributed by atoms with Gasteiger partial charge in [-0.3, -0.25) is 9.52 Å². The highest BCUT2D eigenvalue weighted by Gasteiger charge is 2.09. The zero-order valence-corrected chi connectivity index (χ0v) is 9.43. The number of amides is 1. The van der Waals surface area contributed by atoms with Crippen LogP contribution in [0.2, 0.25) is 0 Å². The first kappa shape index (κ1) is 11.5. The zero-order chi connectivity index (χ0) is 11.6. The number of anilines is 1. The van der Waals surface area contributed by atoms with Gasteiger partial charge in [0, 0.05) is 22.2 Å². The van der Waals surface area contributed by atoms with Crippen LogP contribution >= 0.6 is 0 Å². The summed E-state index contributed by atoms with van der Waals surface area (Å²) < 4.78 is 13.5. The fourth-order valence-electron chi connectivity index (χ4n) is 0.965. The first-order chi connectivity index (χ1) is 6.79. The number of hydrogen-bond donors (Lipinski definition) is 2. The number of aryl methyl sites for hydroxylation is 1. The summed E-state index contributed by atoms with van der Waals surface area (Å²) in [7, 11) is -2.55. The maximum atomic E-state index is 11.5. The van der Waals surface area contributed by atoms with Crippen molar-refractivity contribution >= 4 is 27.3 Å². The van der Waals surface area contributed by atoms with Crippen LogP contribution in [0.15, 0.2) is 12.3 Å². The first-order valence-corrected chi connectivity index (χ1v) is 6.29. The number of aromatic nitrogens is 1. The minimum absolute atomic E-state index is 0.319. The van der Waals surface area contributed by atoms with Gasteiger partial charge >= 0.3 is 0 Å². The number of nitrogens with two attached hydrogens (primary N) is 1. The molecule has 0 aliphatic rings. The van der Waals surface area contributed by atoms with E-state index in [-0.39, 0.29) is 0 Å². The number of carbonyl (C=O) groups is 1. The van der Waals surface area contributed by atoms with Gasteiger partial charge in [-0.15, -0.1) is 0 Å². The van der Waals surface area contributed by atoms with E-state index < -0.39 is 15.6 Å². The average Bonchev–Trinajstić information content (AvgIpc) is 2.06. The summed E-state index contributed by atoms with van der Waals surface area (Å²) in [6.07, 6.45) is 2.69. The third-order valence-corrected chi connectivity index (χ3v) is 2.31. The molecule has 6 heteroatoms. The van der Waals surface area contributed by atoms with Gasteiger partial charge in [0.2, 0.25) is 0 Å². The van der Waals surface area contributed by atoms with E-state index in [1.54, 1.807) is 13.0 Å². The van der Waals surface area contributed by atoms with Crippen LogP contribution in [0.1, 0.15) is 15.9 Å². The number of hydrogen-bond acceptors (Lipinski definition) is 4. The van der Waals surface area contributed by atoms with Crippen molar-refractivity contribution in [1.29, 1.82) is 0 Å². The molecule has 0 fully saturated rings. The van der Waals surface area contributed by atoms with Gasteiger partial charge < -0.3 is 5.73 Å². The van der Waals surface area contributed by atoms with Gasteiger partial charge in [0.15, 0.2) is 0 Å². The molecule has 1 unspecified atom stereocenters. The monoisotopic (exact) mass is 227 g/mol. The van der Waals surface area contributed by atoms with E-state index in [1.165, 1.54) is 12.5 Å². The Morgan fingerprint density at radius 3 is 2.73 bits per heavy atom. The molecule has 1 heterocycles. The van der Waals surface area contributed by atoms with Crippen molar-refractivity contribution in [2.75, 3.05) is 12.0 Å². The molecule has 0 spiro atoms. The van der Waals surface area contributed by atoms with Gasteiger partial charge in [0.25, 0.3) is 5.91 Å². The van der Waals surface area contributed by atoms with Crippen LogP contribution in [0.4, 0.5) is 5.82 Å². The standard InChI is InChI=1S/C9H13N3O2S/c1-6-4-7(5-11-8(6)10)9(13)12-15(2,3)14/h4-5H,2H2,1,3H3,(H2,10,11)(H,12,13,14). The molecule has 0 saturated carbocycles. The Bertz CT molecular complexity index is 494. The van der Waals surface area contributed by atoms with Crippen LogP contribution in [-0.2, 0) is 9.71 Å². The molecular weight excluding hydrogens is 214 g/mol. The van der Waals surface area contributed by atoms with Gasteiger partial charge in [-0.05, 0) is 24.4 Å². The summed E-state index contributed by atoms with van der Waals surface area (Å²) in [5, 5.41) is 0. The quantitative estimate of drug-likeness (QED) is 0.694. The van der Waals surface area contributed by atoms with E-state index in [2.05, 4.69) is 15.6 Å². The van der Waals surface area contributed by atoms with Crippen molar-refractivity contribution in [2.45, 2.75) is 6.92 Å². The summed E-state index contributed by atoms with van der Waals surface area (Å²) in [5.74, 6) is 3.24. The Balaban J connectivity index is 2.98. The van der Waals surface area contributed by atoms with Crippen LogP contribution in [0.25, 0.3) is 0 Å². The summed E-state index contributed by atoms with van der Waals surface area (Å²) >= 11 is 0. The van der Waals surface area contributed by atoms with Crippen molar-refractivity contribution in [3.05, 3.63) is 23.4 Å². The Hall–Kier alpha value is -1.56. The molecule has 1 rings (SSSR count). The molecule has 0 aromatic carbocycles. The number of nitrogens with zero attached hydrogens (tertiary/aromatic N) is 1. The van der Waals surface area contributed by atoms with Crippen LogP contribution in [0, 0.1) is 6.92 Å². The van der Waals surface area contributed by atoms with Crippen molar-refractivity contribution in [1.82, 2.24) is 9.71 Å². The molecule has 1 atom stereocenters. The highest BCUT2D eigenvalue weighted by atomic mass is 32.2. The van der Waals surface area contributed by atoms with Crippen LogP contribution in [0.5, 0.6) is 0 Å². The molecule has 15 heavy (non-hydrogen) atoms. The molecule has 0 aliphatic heterocycles. The third kappa shape index (κ3) is 3.25. The lowest BCUT2D eigenvalue weighted by Crippen LogP contribution is -2.29. The van der Waals surface area contributed by atoms with Crippen molar-refractivity contribution in [3.8, 4) is 0 Å². The normalized spacial score (nSPS) is 14.3. The molecular formula is C9H13N3O2S. The van der Waals surface area contributed by atoms with E-state index in [0.29, 0.717) is 16.9 Å². The predicted molar refractivity (Wildman–Crippen MR) is 62.0 cm³/mol. The van der Waals surface area contributed by atoms with Gasteiger partial charge in [0.1, 0.15) is 5.82 Å². The fraction of sp³-hybridized carbons (Fsp3) is 0.222. The lowest BCUT2D eigenvalue weighted by atomic mass is 10.2. The van der Waals surface area contributed by atoms with E-state index in [9.17, 15) is 9.00 Å². The molecule has 82 valence electrons. The van der Waals surface area contributed by atoms with Crippen LogP contribution in [-0.4, -0.2) is 27.2 Å². The first-order valence-electron chi connectivity index (χ1n) is 4.16. The molecule has 5 nitrogen and oxygen atoms in total. The molecule has 3 N–H and O–H groups in total.